The molecule has 0 aliphatic carbocycles. The summed E-state index contributed by atoms with van der Waals surface area (Å²) in [7, 11) is 2.49. The second-order valence-electron chi connectivity index (χ2n) is 22.2. The Bertz CT molecular complexity index is 3570. The first kappa shape index (κ1) is 58.5. The number of rotatable bonds is 18. The second-order valence-corrected chi connectivity index (χ2v) is 22.8. The van der Waals surface area contributed by atoms with Crippen LogP contribution in [0.4, 0.5) is 14.6 Å². The summed E-state index contributed by atoms with van der Waals surface area (Å²) >= 11 is 0. The molecule has 4 saturated heterocycles. The number of likely N-dealkylation sites (tertiary alicyclic amines) is 1. The fourth-order valence-corrected chi connectivity index (χ4v) is 12.2. The van der Waals surface area contributed by atoms with Gasteiger partial charge in [0.05, 0.1) is 30.8 Å². The van der Waals surface area contributed by atoms with Crippen LogP contribution in [-0.4, -0.2) is 109 Å². The number of nitrogens with one attached hydrogen (secondary N) is 2. The summed E-state index contributed by atoms with van der Waals surface area (Å²) in [6.45, 7) is 19.1. The average molecular weight is 1150 g/mol. The highest BCUT2D eigenvalue weighted by atomic mass is 31.0. The van der Waals surface area contributed by atoms with Crippen molar-refractivity contribution < 1.29 is 37.7 Å². The largest absolute Gasteiger partial charge is 0.508 e. The molecule has 2 bridgehead atoms. The quantitative estimate of drug-likeness (QED) is 0.0420. The number of halogens is 2. The zero-order chi connectivity index (χ0) is 58.5. The molecular weight excluding hydrogens is 1070 g/mol. The van der Waals surface area contributed by atoms with Crippen LogP contribution >= 0.6 is 9.24 Å². The number of aryl methyl sites for hydroxylation is 1. The predicted molar refractivity (Wildman–Crippen MR) is 323 cm³/mol. The number of allylic oxidation sites excluding steroid dienone is 5. The molecule has 6 atom stereocenters. The average Bonchev–Trinajstić information content (AvgIpc) is 2.63. The number of fused-ring (bicyclic) bond motifs is 4. The van der Waals surface area contributed by atoms with Crippen molar-refractivity contribution in [1.29, 1.82) is 0 Å². The summed E-state index contributed by atoms with van der Waals surface area (Å²) in [5.41, 5.74) is 6.61. The van der Waals surface area contributed by atoms with E-state index in [4.69, 9.17) is 29.2 Å². The molecule has 83 heavy (non-hydrogen) atoms. The van der Waals surface area contributed by atoms with Crippen LogP contribution in [0.3, 0.4) is 0 Å². The first-order valence-corrected chi connectivity index (χ1v) is 29.3. The molecule has 0 radical (unpaired) electrons. The smallest absolute Gasteiger partial charge is 0.319 e. The Kier molecular flexibility index (Phi) is 18.2. The molecule has 11 rings (SSSR count). The minimum atomic E-state index is -0.444. The van der Waals surface area contributed by atoms with Crippen molar-refractivity contribution in [1.82, 2.24) is 45.5 Å². The molecule has 2 amide bonds. The molecule has 16 nitrogen and oxygen atoms in total. The van der Waals surface area contributed by atoms with Crippen LogP contribution in [0.15, 0.2) is 115 Å². The monoisotopic (exact) mass is 1150 g/mol. The lowest BCUT2D eigenvalue weighted by Gasteiger charge is -2.30. The molecule has 3 N–H and O–H groups in total. The number of aromatic nitrogens is 6. The summed E-state index contributed by atoms with van der Waals surface area (Å²) in [6.07, 6.45) is 12.1. The molecule has 4 aromatic carbocycles. The van der Waals surface area contributed by atoms with Gasteiger partial charge >= 0.3 is 6.01 Å². The lowest BCUT2D eigenvalue weighted by atomic mass is 9.94. The van der Waals surface area contributed by atoms with Crippen LogP contribution in [0.1, 0.15) is 108 Å². The van der Waals surface area contributed by atoms with E-state index in [2.05, 4.69) is 48.6 Å². The SMILES string of the molecule is C=C/C(P)=C(\C(F)=C/C)c1ccc(C(C)NC=O)cc1.CCc1c(F)ccc2cc(O)cc(-c3ncc4c(N5CC6CC5CN6)nc(OC5CCOCC5)nc4c3OCc3ccc(-c4cn(C(C(=O)N5CCCC5C)C(C)C)nn4)cc3)c12. The van der Waals surface area contributed by atoms with Gasteiger partial charge in [0.2, 0.25) is 12.3 Å². The number of benzene rings is 4. The van der Waals surface area contributed by atoms with E-state index in [1.54, 1.807) is 42.1 Å². The fourth-order valence-electron chi connectivity index (χ4n) is 11.9. The molecule has 0 spiro atoms. The number of carbonyl (C=O) groups excluding carboxylic acids is 2. The lowest BCUT2D eigenvalue weighted by Crippen LogP contribution is -2.44. The van der Waals surface area contributed by atoms with Crippen molar-refractivity contribution in [3.63, 3.8) is 0 Å². The molecule has 434 valence electrons. The molecule has 4 aliphatic rings. The number of aromatic hydroxyl groups is 1. The number of pyridine rings is 1. The minimum Gasteiger partial charge on any atom is -0.508 e. The van der Waals surface area contributed by atoms with E-state index in [-0.39, 0.29) is 66.1 Å². The third-order valence-electron chi connectivity index (χ3n) is 16.4. The number of phenols is 1. The van der Waals surface area contributed by atoms with Gasteiger partial charge in [0.25, 0.3) is 0 Å². The van der Waals surface area contributed by atoms with Crippen molar-refractivity contribution >= 4 is 54.6 Å². The van der Waals surface area contributed by atoms with Crippen LogP contribution in [-0.2, 0) is 27.4 Å². The second kappa shape index (κ2) is 25.9. The van der Waals surface area contributed by atoms with E-state index in [1.807, 2.05) is 87.3 Å². The van der Waals surface area contributed by atoms with E-state index in [1.165, 1.54) is 12.1 Å². The van der Waals surface area contributed by atoms with E-state index in [9.17, 15) is 19.1 Å². The first-order chi connectivity index (χ1) is 40.2. The van der Waals surface area contributed by atoms with Crippen molar-refractivity contribution in [2.24, 2.45) is 5.92 Å². The zero-order valence-electron chi connectivity index (χ0n) is 47.9. The van der Waals surface area contributed by atoms with E-state index < -0.39 is 6.04 Å². The number of hydrogen-bond acceptors (Lipinski definition) is 13. The Morgan fingerprint density at radius 1 is 1.05 bits per heavy atom. The van der Waals surface area contributed by atoms with Crippen LogP contribution in [0.25, 0.3) is 49.8 Å². The van der Waals surface area contributed by atoms with Gasteiger partial charge in [0.1, 0.15) is 58.9 Å². The topological polar surface area (TPSA) is 182 Å². The molecular formula is C64H73F2N10O6P. The molecule has 4 aliphatic heterocycles. The third-order valence-corrected chi connectivity index (χ3v) is 16.9. The Morgan fingerprint density at radius 3 is 2.47 bits per heavy atom. The maximum absolute atomic E-state index is 15.6. The predicted octanol–water partition coefficient (Wildman–Crippen LogP) is 11.5. The Hall–Kier alpha value is -7.66. The van der Waals surface area contributed by atoms with Gasteiger partial charge in [0.15, 0.2) is 5.75 Å². The van der Waals surface area contributed by atoms with E-state index >= 15 is 4.39 Å². The van der Waals surface area contributed by atoms with Gasteiger partial charge in [-0.25, -0.2) is 13.5 Å². The van der Waals surface area contributed by atoms with Crippen molar-refractivity contribution in [2.45, 2.75) is 123 Å². The highest BCUT2D eigenvalue weighted by Crippen LogP contribution is 2.45. The van der Waals surface area contributed by atoms with Gasteiger partial charge in [-0.2, -0.15) is 9.97 Å². The molecule has 4 fully saturated rings. The van der Waals surface area contributed by atoms with Gasteiger partial charge < -0.3 is 39.8 Å². The van der Waals surface area contributed by atoms with Gasteiger partial charge in [-0.05, 0) is 109 Å². The van der Waals surface area contributed by atoms with Crippen LogP contribution in [0.2, 0.25) is 0 Å². The van der Waals surface area contributed by atoms with Gasteiger partial charge in [0, 0.05) is 73.5 Å². The fraction of sp³-hybridized carbons (Fsp3) is 0.391. The highest BCUT2D eigenvalue weighted by Gasteiger charge is 2.40. The van der Waals surface area contributed by atoms with Crippen molar-refractivity contribution in [3.8, 4) is 40.0 Å². The Balaban J connectivity index is 0.000000328. The molecule has 19 heteroatoms. The van der Waals surface area contributed by atoms with Crippen molar-refractivity contribution in [3.05, 3.63) is 143 Å². The number of hydrogen-bond donors (Lipinski definition) is 3. The van der Waals surface area contributed by atoms with Gasteiger partial charge in [-0.15, -0.1) is 14.3 Å². The summed E-state index contributed by atoms with van der Waals surface area (Å²) in [6, 6.07) is 22.3. The number of anilines is 1. The molecule has 7 heterocycles. The number of amides is 2. The standard InChI is InChI=1S/C48H54FN9O5.C16H19FNOP/c1-5-36-39(49)13-12-31-19-34(59)21-37(41(31)36)42-45(43-38(23-51-42)46(57-24-32-20-33(57)22-50-32)53-48(52-43)63-35-14-17-61-18-15-35)62-26-29-8-10-30(11-9-29)40-25-58(55-54-40)44(27(2)3)47(60)56-16-6-7-28(56)4;1-4-14(17)16(15(20)5-2)13-8-6-12(7-9-13)11(3)18-10-19/h8-13,19,21,23,25,27-28,32-33,35,44,50,59H,5-7,14-18,20,22,24,26H2,1-4H3;4-11H,2,20H2,1,3H3,(H,18,19)/b;14-4+,16-15+. The highest BCUT2D eigenvalue weighted by molar-refractivity contribution is 7.23. The number of piperazine rings is 1. The van der Waals surface area contributed by atoms with E-state index in [0.717, 1.165) is 79.8 Å². The van der Waals surface area contributed by atoms with Crippen LogP contribution in [0.5, 0.6) is 17.5 Å². The Morgan fingerprint density at radius 2 is 1.82 bits per heavy atom. The normalized spacial score (nSPS) is 19.2. The molecule has 7 aromatic rings. The maximum atomic E-state index is 15.6. The molecule has 6 unspecified atom stereocenters. The van der Waals surface area contributed by atoms with Gasteiger partial charge in [-0.1, -0.05) is 99.3 Å². The summed E-state index contributed by atoms with van der Waals surface area (Å²) in [5.74, 6) is 0.622. The van der Waals surface area contributed by atoms with Crippen molar-refractivity contribution in [2.75, 3.05) is 37.7 Å². The summed E-state index contributed by atoms with van der Waals surface area (Å²) in [5, 5.41) is 29.1. The summed E-state index contributed by atoms with van der Waals surface area (Å²) in [4.78, 5) is 43.6. The molecule has 0 saturated carbocycles. The molecule has 3 aromatic heterocycles. The van der Waals surface area contributed by atoms with Gasteiger partial charge in [-0.3, -0.25) is 14.6 Å². The lowest BCUT2D eigenvalue weighted by molar-refractivity contribution is -0.137. The third kappa shape index (κ3) is 12.5. The van der Waals surface area contributed by atoms with E-state index in [0.29, 0.717) is 92.9 Å². The first-order valence-electron chi connectivity index (χ1n) is 28.8. The number of nitrogens with zero attached hydrogens (tertiary/aromatic N) is 8. The number of phenolic OH excluding ortho intramolecular Hbond substituents is 1. The number of ether oxygens (including phenoxy) is 3. The summed E-state index contributed by atoms with van der Waals surface area (Å²) < 4.78 is 50.3. The Labute approximate surface area is 485 Å². The maximum Gasteiger partial charge on any atom is 0.319 e. The van der Waals surface area contributed by atoms with Crippen LogP contribution < -0.4 is 25.0 Å². The number of carbonyl (C=O) groups is 2. The minimum absolute atomic E-state index is 0.0220. The van der Waals surface area contributed by atoms with Crippen LogP contribution in [0, 0.1) is 11.7 Å². The zero-order valence-corrected chi connectivity index (χ0v) is 49.1.